The zero-order valence-corrected chi connectivity index (χ0v) is 9.00. The monoisotopic (exact) mass is 213 g/mol. The van der Waals surface area contributed by atoms with E-state index in [4.69, 9.17) is 15.2 Å². The average molecular weight is 213 g/mol. The molecular formula is C11H16FNO2. The molecule has 0 radical (unpaired) electrons. The molecule has 0 aliphatic carbocycles. The van der Waals surface area contributed by atoms with Crippen molar-refractivity contribution in [1.29, 1.82) is 0 Å². The first-order chi connectivity index (χ1) is 7.19. The van der Waals surface area contributed by atoms with E-state index in [-0.39, 0.29) is 11.9 Å². The van der Waals surface area contributed by atoms with Gasteiger partial charge >= 0.3 is 0 Å². The van der Waals surface area contributed by atoms with E-state index in [0.29, 0.717) is 24.3 Å². The van der Waals surface area contributed by atoms with Crippen molar-refractivity contribution in [2.75, 3.05) is 20.8 Å². The zero-order valence-electron chi connectivity index (χ0n) is 9.00. The fraction of sp³-hybridized carbons (Fsp3) is 0.455. The Morgan fingerprint density at radius 2 is 2.13 bits per heavy atom. The average Bonchev–Trinajstić information content (AvgIpc) is 2.25. The first-order valence-electron chi connectivity index (χ1n) is 4.77. The van der Waals surface area contributed by atoms with Crippen molar-refractivity contribution in [2.24, 2.45) is 5.73 Å². The SMILES string of the molecule is COCCC(N)c1cc(F)ccc1OC. The Bertz CT molecular complexity index is 317. The van der Waals surface area contributed by atoms with Crippen LogP contribution in [0, 0.1) is 5.82 Å². The molecule has 1 unspecified atom stereocenters. The molecule has 1 aromatic carbocycles. The van der Waals surface area contributed by atoms with Gasteiger partial charge in [0.05, 0.1) is 7.11 Å². The van der Waals surface area contributed by atoms with Gasteiger partial charge in [-0.2, -0.15) is 0 Å². The van der Waals surface area contributed by atoms with Gasteiger partial charge in [-0.25, -0.2) is 4.39 Å². The minimum absolute atomic E-state index is 0.268. The van der Waals surface area contributed by atoms with E-state index in [9.17, 15) is 4.39 Å². The van der Waals surface area contributed by atoms with Crippen LogP contribution in [0.2, 0.25) is 0 Å². The van der Waals surface area contributed by atoms with Crippen LogP contribution in [0.1, 0.15) is 18.0 Å². The normalized spacial score (nSPS) is 12.5. The number of benzene rings is 1. The highest BCUT2D eigenvalue weighted by atomic mass is 19.1. The van der Waals surface area contributed by atoms with Gasteiger partial charge in [0.1, 0.15) is 11.6 Å². The van der Waals surface area contributed by atoms with Crippen molar-refractivity contribution in [1.82, 2.24) is 0 Å². The van der Waals surface area contributed by atoms with Crippen molar-refractivity contribution in [3.05, 3.63) is 29.6 Å². The van der Waals surface area contributed by atoms with Gasteiger partial charge in [-0.05, 0) is 24.6 Å². The van der Waals surface area contributed by atoms with Gasteiger partial charge in [0, 0.05) is 25.3 Å². The number of methoxy groups -OCH3 is 2. The van der Waals surface area contributed by atoms with Crippen LogP contribution in [0.25, 0.3) is 0 Å². The lowest BCUT2D eigenvalue weighted by atomic mass is 10.0. The topological polar surface area (TPSA) is 44.5 Å². The maximum atomic E-state index is 13.0. The van der Waals surface area contributed by atoms with Crippen LogP contribution in [0.15, 0.2) is 18.2 Å². The molecule has 4 heteroatoms. The number of hydrogen-bond acceptors (Lipinski definition) is 3. The molecule has 3 nitrogen and oxygen atoms in total. The molecule has 0 fully saturated rings. The standard InChI is InChI=1S/C11H16FNO2/c1-14-6-5-10(13)9-7-8(12)3-4-11(9)15-2/h3-4,7,10H,5-6,13H2,1-2H3. The largest absolute Gasteiger partial charge is 0.496 e. The summed E-state index contributed by atoms with van der Waals surface area (Å²) in [7, 11) is 3.15. The van der Waals surface area contributed by atoms with Crippen LogP contribution in [0.3, 0.4) is 0 Å². The molecule has 0 aliphatic heterocycles. The predicted octanol–water partition coefficient (Wildman–Crippen LogP) is 1.87. The van der Waals surface area contributed by atoms with E-state index < -0.39 is 0 Å². The maximum absolute atomic E-state index is 13.0. The molecule has 0 aliphatic rings. The highest BCUT2D eigenvalue weighted by Gasteiger charge is 2.12. The van der Waals surface area contributed by atoms with Gasteiger partial charge < -0.3 is 15.2 Å². The lowest BCUT2D eigenvalue weighted by molar-refractivity contribution is 0.187. The Balaban J connectivity index is 2.85. The first-order valence-corrected chi connectivity index (χ1v) is 4.77. The molecule has 1 aromatic rings. The summed E-state index contributed by atoms with van der Waals surface area (Å²) in [6, 6.07) is 4.07. The van der Waals surface area contributed by atoms with E-state index in [2.05, 4.69) is 0 Å². The minimum Gasteiger partial charge on any atom is -0.496 e. The van der Waals surface area contributed by atoms with E-state index in [1.54, 1.807) is 20.3 Å². The molecule has 1 rings (SSSR count). The van der Waals surface area contributed by atoms with E-state index >= 15 is 0 Å². The Labute approximate surface area is 89.0 Å². The Morgan fingerprint density at radius 1 is 1.40 bits per heavy atom. The summed E-state index contributed by atoms with van der Waals surface area (Å²) in [6.07, 6.45) is 0.635. The quantitative estimate of drug-likeness (QED) is 0.812. The van der Waals surface area contributed by atoms with Crippen molar-refractivity contribution in [2.45, 2.75) is 12.5 Å². The van der Waals surface area contributed by atoms with Crippen molar-refractivity contribution in [3.8, 4) is 5.75 Å². The zero-order chi connectivity index (χ0) is 11.3. The number of nitrogens with two attached hydrogens (primary N) is 1. The van der Waals surface area contributed by atoms with Crippen LogP contribution in [-0.2, 0) is 4.74 Å². The molecular weight excluding hydrogens is 197 g/mol. The summed E-state index contributed by atoms with van der Waals surface area (Å²) < 4.78 is 23.1. The number of ether oxygens (including phenoxy) is 2. The Hall–Kier alpha value is -1.13. The molecule has 1 atom stereocenters. The second kappa shape index (κ2) is 5.68. The van der Waals surface area contributed by atoms with E-state index in [0.717, 1.165) is 0 Å². The highest BCUT2D eigenvalue weighted by molar-refractivity contribution is 5.36. The van der Waals surface area contributed by atoms with Gasteiger partial charge in [-0.1, -0.05) is 0 Å². The maximum Gasteiger partial charge on any atom is 0.123 e. The van der Waals surface area contributed by atoms with Crippen molar-refractivity contribution in [3.63, 3.8) is 0 Å². The van der Waals surface area contributed by atoms with Gasteiger partial charge in [-0.15, -0.1) is 0 Å². The third-order valence-corrected chi connectivity index (χ3v) is 2.22. The fourth-order valence-electron chi connectivity index (χ4n) is 1.40. The minimum atomic E-state index is -0.307. The summed E-state index contributed by atoms with van der Waals surface area (Å²) in [5.41, 5.74) is 6.58. The van der Waals surface area contributed by atoms with Crippen molar-refractivity contribution < 1.29 is 13.9 Å². The summed E-state index contributed by atoms with van der Waals surface area (Å²) in [6.45, 7) is 0.542. The van der Waals surface area contributed by atoms with Crippen LogP contribution in [0.4, 0.5) is 4.39 Å². The molecule has 0 saturated heterocycles. The van der Waals surface area contributed by atoms with Crippen LogP contribution in [-0.4, -0.2) is 20.8 Å². The molecule has 0 heterocycles. The second-order valence-corrected chi connectivity index (χ2v) is 3.27. The predicted molar refractivity (Wildman–Crippen MR) is 56.4 cm³/mol. The van der Waals surface area contributed by atoms with Crippen LogP contribution >= 0.6 is 0 Å². The molecule has 0 spiro atoms. The van der Waals surface area contributed by atoms with E-state index in [1.165, 1.54) is 12.1 Å². The van der Waals surface area contributed by atoms with Crippen molar-refractivity contribution >= 4 is 0 Å². The number of hydrogen-bond donors (Lipinski definition) is 1. The van der Waals surface area contributed by atoms with Crippen LogP contribution < -0.4 is 10.5 Å². The summed E-state index contributed by atoms with van der Waals surface area (Å²) >= 11 is 0. The molecule has 0 amide bonds. The third kappa shape index (κ3) is 3.18. The smallest absolute Gasteiger partial charge is 0.123 e. The Morgan fingerprint density at radius 3 is 2.73 bits per heavy atom. The Kier molecular flexibility index (Phi) is 4.52. The molecule has 15 heavy (non-hydrogen) atoms. The lowest BCUT2D eigenvalue weighted by Gasteiger charge is -2.15. The van der Waals surface area contributed by atoms with Gasteiger partial charge in [0.15, 0.2) is 0 Å². The second-order valence-electron chi connectivity index (χ2n) is 3.27. The van der Waals surface area contributed by atoms with Crippen LogP contribution in [0.5, 0.6) is 5.75 Å². The molecule has 0 aromatic heterocycles. The fourth-order valence-corrected chi connectivity index (χ4v) is 1.40. The summed E-state index contributed by atoms with van der Waals surface area (Å²) in [5, 5.41) is 0. The molecule has 0 bridgehead atoms. The number of rotatable bonds is 5. The number of halogens is 1. The summed E-state index contributed by atoms with van der Waals surface area (Å²) in [5.74, 6) is 0.304. The first kappa shape index (κ1) is 11.9. The van der Waals surface area contributed by atoms with Gasteiger partial charge in [-0.3, -0.25) is 0 Å². The molecule has 0 saturated carbocycles. The molecule has 2 N–H and O–H groups in total. The van der Waals surface area contributed by atoms with E-state index in [1.807, 2.05) is 0 Å². The highest BCUT2D eigenvalue weighted by Crippen LogP contribution is 2.26. The van der Waals surface area contributed by atoms with Gasteiger partial charge in [0.2, 0.25) is 0 Å². The lowest BCUT2D eigenvalue weighted by Crippen LogP contribution is -2.14. The van der Waals surface area contributed by atoms with Gasteiger partial charge in [0.25, 0.3) is 0 Å². The molecule has 84 valence electrons. The summed E-state index contributed by atoms with van der Waals surface area (Å²) in [4.78, 5) is 0. The third-order valence-electron chi connectivity index (χ3n) is 2.22.